The van der Waals surface area contributed by atoms with Crippen LogP contribution in [-0.2, 0) is 13.2 Å². The number of carbonyl (C=O) groups excluding carboxylic acids is 1. The van der Waals surface area contributed by atoms with Gasteiger partial charge in [0.2, 0.25) is 0 Å². The smallest absolute Gasteiger partial charge is 0.291 e. The quantitative estimate of drug-likeness (QED) is 0.399. The first-order valence-electron chi connectivity index (χ1n) is 10.7. The molecule has 0 aliphatic carbocycles. The largest absolute Gasteiger partial charge is 0.497 e. The van der Waals surface area contributed by atoms with E-state index in [0.29, 0.717) is 29.5 Å². The van der Waals surface area contributed by atoms with Gasteiger partial charge in [0, 0.05) is 6.07 Å². The fraction of sp³-hybridized carbons (Fsp3) is 0.231. The average Bonchev–Trinajstić information content (AvgIpc) is 3.40. The van der Waals surface area contributed by atoms with Crippen molar-refractivity contribution >= 4 is 11.6 Å². The van der Waals surface area contributed by atoms with Gasteiger partial charge in [0.1, 0.15) is 23.9 Å². The van der Waals surface area contributed by atoms with Crippen molar-refractivity contribution in [3.63, 3.8) is 0 Å². The van der Waals surface area contributed by atoms with Crippen molar-refractivity contribution in [1.29, 1.82) is 0 Å². The number of benzene rings is 2. The molecule has 170 valence electrons. The third kappa shape index (κ3) is 5.09. The molecule has 7 nitrogen and oxygen atoms in total. The number of furan rings is 1. The number of carbonyl (C=O) groups is 1. The summed E-state index contributed by atoms with van der Waals surface area (Å²) in [4.78, 5) is 12.8. The molecule has 0 aliphatic heterocycles. The standard InChI is InChI=1S/C26H27N3O4/c1-17-8-5-6-9-20(17)15-29-19(3)25(18(2)28-29)27-26(30)24-13-12-23(33-24)16-32-22-11-7-10-21(14-22)31-4/h5-14H,15-16H2,1-4H3,(H,27,30). The lowest BCUT2D eigenvalue weighted by atomic mass is 10.1. The molecular formula is C26H27N3O4. The Labute approximate surface area is 192 Å². The second-order valence-electron chi connectivity index (χ2n) is 7.82. The van der Waals surface area contributed by atoms with Crippen LogP contribution in [0.3, 0.4) is 0 Å². The normalized spacial score (nSPS) is 10.8. The molecule has 4 rings (SSSR count). The van der Waals surface area contributed by atoms with E-state index < -0.39 is 0 Å². The number of ether oxygens (including phenoxy) is 2. The Bertz CT molecular complexity index is 1270. The Morgan fingerprint density at radius 1 is 1.03 bits per heavy atom. The highest BCUT2D eigenvalue weighted by molar-refractivity contribution is 6.02. The first-order chi connectivity index (χ1) is 15.9. The predicted octanol–water partition coefficient (Wildman–Crippen LogP) is 5.29. The van der Waals surface area contributed by atoms with Crippen molar-refractivity contribution in [1.82, 2.24) is 9.78 Å². The summed E-state index contributed by atoms with van der Waals surface area (Å²) in [5, 5.41) is 7.56. The van der Waals surface area contributed by atoms with E-state index in [1.54, 1.807) is 25.3 Å². The van der Waals surface area contributed by atoms with Gasteiger partial charge in [0.15, 0.2) is 5.76 Å². The first-order valence-corrected chi connectivity index (χ1v) is 10.7. The zero-order valence-corrected chi connectivity index (χ0v) is 19.2. The van der Waals surface area contributed by atoms with Crippen LogP contribution in [0.5, 0.6) is 11.5 Å². The van der Waals surface area contributed by atoms with Gasteiger partial charge in [0.25, 0.3) is 5.91 Å². The Hall–Kier alpha value is -4.00. The number of anilines is 1. The molecule has 4 aromatic rings. The van der Waals surface area contributed by atoms with Crippen molar-refractivity contribution < 1.29 is 18.7 Å². The minimum atomic E-state index is -0.329. The number of hydrogen-bond donors (Lipinski definition) is 1. The van der Waals surface area contributed by atoms with E-state index in [1.165, 1.54) is 11.1 Å². The highest BCUT2D eigenvalue weighted by atomic mass is 16.5. The third-order valence-electron chi connectivity index (χ3n) is 5.51. The molecule has 2 aromatic carbocycles. The van der Waals surface area contributed by atoms with Crippen molar-refractivity contribution in [3.8, 4) is 11.5 Å². The van der Waals surface area contributed by atoms with Crippen molar-refractivity contribution in [2.24, 2.45) is 0 Å². The number of aryl methyl sites for hydroxylation is 2. The number of hydrogen-bond acceptors (Lipinski definition) is 5. The molecule has 2 heterocycles. The van der Waals surface area contributed by atoms with Crippen molar-refractivity contribution in [3.05, 3.63) is 94.7 Å². The van der Waals surface area contributed by atoms with Gasteiger partial charge in [-0.1, -0.05) is 30.3 Å². The lowest BCUT2D eigenvalue weighted by Gasteiger charge is -2.08. The lowest BCUT2D eigenvalue weighted by Crippen LogP contribution is -2.12. The fourth-order valence-electron chi connectivity index (χ4n) is 3.58. The molecule has 0 spiro atoms. The molecule has 0 saturated heterocycles. The molecule has 0 bridgehead atoms. The highest BCUT2D eigenvalue weighted by Crippen LogP contribution is 2.23. The third-order valence-corrected chi connectivity index (χ3v) is 5.51. The minimum Gasteiger partial charge on any atom is -0.497 e. The summed E-state index contributed by atoms with van der Waals surface area (Å²) in [6.45, 7) is 6.75. The van der Waals surface area contributed by atoms with Crippen LogP contribution in [0.15, 0.2) is 65.1 Å². The molecule has 0 atom stereocenters. The average molecular weight is 446 g/mol. The van der Waals surface area contributed by atoms with Gasteiger partial charge in [-0.2, -0.15) is 5.10 Å². The fourth-order valence-corrected chi connectivity index (χ4v) is 3.58. The SMILES string of the molecule is COc1cccc(OCc2ccc(C(=O)Nc3c(C)nn(Cc4ccccc4C)c3C)o2)c1. The zero-order chi connectivity index (χ0) is 23.4. The van der Waals surface area contributed by atoms with E-state index in [-0.39, 0.29) is 18.3 Å². The predicted molar refractivity (Wildman–Crippen MR) is 126 cm³/mol. The number of nitrogens with one attached hydrogen (secondary N) is 1. The monoisotopic (exact) mass is 445 g/mol. The minimum absolute atomic E-state index is 0.201. The molecule has 0 fully saturated rings. The lowest BCUT2D eigenvalue weighted by molar-refractivity contribution is 0.0992. The summed E-state index contributed by atoms with van der Waals surface area (Å²) in [5.41, 5.74) is 4.72. The molecule has 0 radical (unpaired) electrons. The molecule has 2 aromatic heterocycles. The molecule has 1 amide bonds. The second-order valence-corrected chi connectivity index (χ2v) is 7.82. The van der Waals surface area contributed by atoms with E-state index in [0.717, 1.165) is 11.4 Å². The maximum Gasteiger partial charge on any atom is 0.291 e. The zero-order valence-electron chi connectivity index (χ0n) is 19.2. The molecular weight excluding hydrogens is 418 g/mol. The van der Waals surface area contributed by atoms with Crippen LogP contribution in [0.1, 0.15) is 38.8 Å². The number of aromatic nitrogens is 2. The first kappa shape index (κ1) is 22.2. The topological polar surface area (TPSA) is 78.5 Å². The number of amides is 1. The van der Waals surface area contributed by atoms with Crippen LogP contribution >= 0.6 is 0 Å². The van der Waals surface area contributed by atoms with Gasteiger partial charge in [-0.25, -0.2) is 0 Å². The Balaban J connectivity index is 1.42. The Morgan fingerprint density at radius 2 is 1.82 bits per heavy atom. The molecule has 7 heteroatoms. The van der Waals surface area contributed by atoms with Gasteiger partial charge in [-0.15, -0.1) is 0 Å². The van der Waals surface area contributed by atoms with Crippen LogP contribution in [0.25, 0.3) is 0 Å². The molecule has 33 heavy (non-hydrogen) atoms. The number of rotatable bonds is 8. The van der Waals surface area contributed by atoms with E-state index in [2.05, 4.69) is 29.5 Å². The summed E-state index contributed by atoms with van der Waals surface area (Å²) in [7, 11) is 1.60. The second kappa shape index (κ2) is 9.65. The Morgan fingerprint density at radius 3 is 2.61 bits per heavy atom. The highest BCUT2D eigenvalue weighted by Gasteiger charge is 2.18. The summed E-state index contributed by atoms with van der Waals surface area (Å²) < 4.78 is 18.5. The van der Waals surface area contributed by atoms with Gasteiger partial charge >= 0.3 is 0 Å². The summed E-state index contributed by atoms with van der Waals surface area (Å²) in [6, 6.07) is 18.9. The van der Waals surface area contributed by atoms with Crippen molar-refractivity contribution in [2.75, 3.05) is 12.4 Å². The number of nitrogens with zero attached hydrogens (tertiary/aromatic N) is 2. The maximum atomic E-state index is 12.8. The van der Waals surface area contributed by atoms with E-state index in [4.69, 9.17) is 13.9 Å². The number of methoxy groups -OCH3 is 1. The molecule has 0 saturated carbocycles. The molecule has 0 unspecified atom stereocenters. The van der Waals surface area contributed by atoms with Crippen molar-refractivity contribution in [2.45, 2.75) is 33.9 Å². The van der Waals surface area contributed by atoms with Crippen LogP contribution in [-0.4, -0.2) is 22.8 Å². The van der Waals surface area contributed by atoms with Gasteiger partial charge < -0.3 is 19.2 Å². The Kier molecular flexibility index (Phi) is 6.49. The molecule has 1 N–H and O–H groups in total. The summed E-state index contributed by atoms with van der Waals surface area (Å²) in [6.07, 6.45) is 0. The van der Waals surface area contributed by atoms with Crippen LogP contribution < -0.4 is 14.8 Å². The maximum absolute atomic E-state index is 12.8. The summed E-state index contributed by atoms with van der Waals surface area (Å²) >= 11 is 0. The van der Waals surface area contributed by atoms with E-state index in [1.807, 2.05) is 48.9 Å². The van der Waals surface area contributed by atoms with Crippen LogP contribution in [0.2, 0.25) is 0 Å². The van der Waals surface area contributed by atoms with Crippen LogP contribution in [0, 0.1) is 20.8 Å². The van der Waals surface area contributed by atoms with E-state index >= 15 is 0 Å². The summed E-state index contributed by atoms with van der Waals surface area (Å²) in [5.74, 6) is 1.80. The molecule has 0 aliphatic rings. The van der Waals surface area contributed by atoms with Gasteiger partial charge in [0.05, 0.1) is 30.7 Å². The van der Waals surface area contributed by atoms with Gasteiger partial charge in [-0.3, -0.25) is 9.48 Å². The van der Waals surface area contributed by atoms with Crippen LogP contribution in [0.4, 0.5) is 5.69 Å². The van der Waals surface area contributed by atoms with E-state index in [9.17, 15) is 4.79 Å². The van der Waals surface area contributed by atoms with Gasteiger partial charge in [-0.05, 0) is 56.2 Å².